The number of nitrogens with zero attached hydrogens (tertiary/aromatic N) is 1. The van der Waals surface area contributed by atoms with E-state index < -0.39 is 17.7 Å². The number of anilines is 1. The maximum Gasteiger partial charge on any atom is 0.300 e. The van der Waals surface area contributed by atoms with Crippen molar-refractivity contribution in [2.45, 2.75) is 33.7 Å². The summed E-state index contributed by atoms with van der Waals surface area (Å²) in [6.45, 7) is 8.50. The molecule has 1 N–H and O–H groups in total. The zero-order valence-corrected chi connectivity index (χ0v) is 21.2. The molecule has 0 aromatic heterocycles. The molecule has 6 nitrogen and oxygen atoms in total. The molecule has 0 spiro atoms. The number of carbonyl (C=O) groups excluding carboxylic acids is 2. The standard InChI is InChI=1S/C30H31NO5/c1-18(2)17-36-25-8-6-7-22(16-25)28(32)26-27(21-9-11-24(35-5)12-10-21)31(30(34)29(26)33)23-14-19(3)13-20(4)15-23/h6-16,18,27,32H,17H2,1-5H3/b28-26+. The molecule has 6 heteroatoms. The number of aryl methyl sites for hydroxylation is 2. The van der Waals surface area contributed by atoms with Crippen LogP contribution in [0.3, 0.4) is 0 Å². The second kappa shape index (κ2) is 10.3. The van der Waals surface area contributed by atoms with Crippen LogP contribution < -0.4 is 14.4 Å². The van der Waals surface area contributed by atoms with Crippen LogP contribution in [0.2, 0.25) is 0 Å². The first-order valence-corrected chi connectivity index (χ1v) is 12.0. The number of hydrogen-bond donors (Lipinski definition) is 1. The van der Waals surface area contributed by atoms with Gasteiger partial charge in [0.2, 0.25) is 0 Å². The van der Waals surface area contributed by atoms with Gasteiger partial charge in [-0.1, -0.05) is 44.2 Å². The van der Waals surface area contributed by atoms with Gasteiger partial charge in [0, 0.05) is 11.3 Å². The molecule has 0 aliphatic carbocycles. The number of methoxy groups -OCH3 is 1. The summed E-state index contributed by atoms with van der Waals surface area (Å²) in [6.07, 6.45) is 0. The summed E-state index contributed by atoms with van der Waals surface area (Å²) in [5.74, 6) is -0.0959. The lowest BCUT2D eigenvalue weighted by atomic mass is 9.95. The minimum absolute atomic E-state index is 0.0327. The molecule has 1 aliphatic rings. The summed E-state index contributed by atoms with van der Waals surface area (Å²) in [6, 6.07) is 19.0. The van der Waals surface area contributed by atoms with E-state index in [0.29, 0.717) is 40.8 Å². The van der Waals surface area contributed by atoms with Crippen LogP contribution in [0, 0.1) is 19.8 Å². The van der Waals surface area contributed by atoms with Gasteiger partial charge in [0.15, 0.2) is 0 Å². The number of Topliss-reactive ketones (excluding diaryl/α,β-unsaturated/α-hetero) is 1. The van der Waals surface area contributed by atoms with Crippen LogP contribution >= 0.6 is 0 Å². The molecule has 186 valence electrons. The van der Waals surface area contributed by atoms with E-state index in [9.17, 15) is 14.7 Å². The van der Waals surface area contributed by atoms with Gasteiger partial charge < -0.3 is 14.6 Å². The predicted octanol–water partition coefficient (Wildman–Crippen LogP) is 5.97. The van der Waals surface area contributed by atoms with Crippen molar-refractivity contribution >= 4 is 23.1 Å². The van der Waals surface area contributed by atoms with Crippen molar-refractivity contribution < 1.29 is 24.2 Å². The topological polar surface area (TPSA) is 76.1 Å². The van der Waals surface area contributed by atoms with E-state index in [4.69, 9.17) is 9.47 Å². The molecule has 0 radical (unpaired) electrons. The molecular formula is C30H31NO5. The number of ketones is 1. The van der Waals surface area contributed by atoms with Crippen LogP contribution in [-0.4, -0.2) is 30.5 Å². The molecule has 0 bridgehead atoms. The van der Waals surface area contributed by atoms with Crippen molar-refractivity contribution in [3.8, 4) is 11.5 Å². The van der Waals surface area contributed by atoms with Gasteiger partial charge in [0.1, 0.15) is 17.3 Å². The highest BCUT2D eigenvalue weighted by Crippen LogP contribution is 2.43. The Morgan fingerprint density at radius 3 is 2.22 bits per heavy atom. The molecule has 1 saturated heterocycles. The molecule has 1 heterocycles. The molecule has 1 amide bonds. The third kappa shape index (κ3) is 4.98. The fraction of sp³-hybridized carbons (Fsp3) is 0.267. The van der Waals surface area contributed by atoms with Crippen molar-refractivity contribution in [3.05, 3.63) is 94.6 Å². The largest absolute Gasteiger partial charge is 0.507 e. The van der Waals surface area contributed by atoms with Crippen molar-refractivity contribution in [2.75, 3.05) is 18.6 Å². The molecule has 3 aromatic carbocycles. The fourth-order valence-electron chi connectivity index (χ4n) is 4.44. The van der Waals surface area contributed by atoms with Crippen LogP contribution in [0.5, 0.6) is 11.5 Å². The highest BCUT2D eigenvalue weighted by atomic mass is 16.5. The highest BCUT2D eigenvalue weighted by Gasteiger charge is 2.47. The van der Waals surface area contributed by atoms with E-state index in [2.05, 4.69) is 0 Å². The van der Waals surface area contributed by atoms with E-state index in [1.54, 1.807) is 55.6 Å². The van der Waals surface area contributed by atoms with Crippen LogP contribution in [0.15, 0.2) is 72.3 Å². The lowest BCUT2D eigenvalue weighted by Crippen LogP contribution is -2.29. The summed E-state index contributed by atoms with van der Waals surface area (Å²) >= 11 is 0. The number of aliphatic hydroxyl groups is 1. The molecule has 1 atom stereocenters. The first-order chi connectivity index (χ1) is 17.2. The normalized spacial score (nSPS) is 17.1. The van der Waals surface area contributed by atoms with Gasteiger partial charge >= 0.3 is 0 Å². The predicted molar refractivity (Wildman–Crippen MR) is 140 cm³/mol. The number of carbonyl (C=O) groups is 2. The SMILES string of the molecule is COc1ccc(C2/C(=C(\O)c3cccc(OCC(C)C)c3)C(=O)C(=O)N2c2cc(C)cc(C)c2)cc1. The minimum Gasteiger partial charge on any atom is -0.507 e. The summed E-state index contributed by atoms with van der Waals surface area (Å²) < 4.78 is 11.1. The minimum atomic E-state index is -0.808. The van der Waals surface area contributed by atoms with Gasteiger partial charge in [-0.3, -0.25) is 14.5 Å². The number of aliphatic hydroxyl groups excluding tert-OH is 1. The van der Waals surface area contributed by atoms with E-state index in [0.717, 1.165) is 11.1 Å². The van der Waals surface area contributed by atoms with Crippen molar-refractivity contribution in [1.82, 2.24) is 0 Å². The Kier molecular flexibility index (Phi) is 7.15. The Labute approximate surface area is 211 Å². The van der Waals surface area contributed by atoms with Crippen molar-refractivity contribution in [1.29, 1.82) is 0 Å². The van der Waals surface area contributed by atoms with Crippen LogP contribution in [0.4, 0.5) is 5.69 Å². The summed E-state index contributed by atoms with van der Waals surface area (Å²) in [5.41, 5.74) is 3.66. The smallest absolute Gasteiger partial charge is 0.300 e. The summed E-state index contributed by atoms with van der Waals surface area (Å²) in [4.78, 5) is 28.3. The Balaban J connectivity index is 1.88. The maximum atomic E-state index is 13.4. The molecule has 1 unspecified atom stereocenters. The maximum absolute atomic E-state index is 13.4. The summed E-state index contributed by atoms with van der Waals surface area (Å²) in [5, 5.41) is 11.4. The molecule has 4 rings (SSSR count). The molecule has 1 fully saturated rings. The van der Waals surface area contributed by atoms with Gasteiger partial charge in [-0.25, -0.2) is 0 Å². The fourth-order valence-corrected chi connectivity index (χ4v) is 4.44. The zero-order valence-electron chi connectivity index (χ0n) is 21.2. The van der Waals surface area contributed by atoms with Crippen molar-refractivity contribution in [3.63, 3.8) is 0 Å². The zero-order chi connectivity index (χ0) is 26.0. The lowest BCUT2D eigenvalue weighted by molar-refractivity contribution is -0.132. The molecule has 36 heavy (non-hydrogen) atoms. The second-order valence-electron chi connectivity index (χ2n) is 9.52. The lowest BCUT2D eigenvalue weighted by Gasteiger charge is -2.26. The first-order valence-electron chi connectivity index (χ1n) is 12.0. The van der Waals surface area contributed by atoms with Gasteiger partial charge in [0.25, 0.3) is 11.7 Å². The van der Waals surface area contributed by atoms with E-state index >= 15 is 0 Å². The van der Waals surface area contributed by atoms with Gasteiger partial charge in [-0.15, -0.1) is 0 Å². The van der Waals surface area contributed by atoms with Crippen LogP contribution in [-0.2, 0) is 9.59 Å². The van der Waals surface area contributed by atoms with Crippen molar-refractivity contribution in [2.24, 2.45) is 5.92 Å². The Morgan fingerprint density at radius 2 is 1.61 bits per heavy atom. The molecule has 3 aromatic rings. The highest BCUT2D eigenvalue weighted by molar-refractivity contribution is 6.51. The van der Waals surface area contributed by atoms with Crippen LogP contribution in [0.25, 0.3) is 5.76 Å². The van der Waals surface area contributed by atoms with E-state index in [-0.39, 0.29) is 11.3 Å². The molecule has 1 aliphatic heterocycles. The van der Waals surface area contributed by atoms with E-state index in [1.165, 1.54) is 4.90 Å². The Hall–Kier alpha value is -4.06. The third-order valence-corrected chi connectivity index (χ3v) is 6.05. The monoisotopic (exact) mass is 485 g/mol. The molecular weight excluding hydrogens is 454 g/mol. The van der Waals surface area contributed by atoms with Gasteiger partial charge in [0.05, 0.1) is 25.3 Å². The first kappa shape index (κ1) is 25.0. The number of rotatable bonds is 7. The van der Waals surface area contributed by atoms with Crippen LogP contribution in [0.1, 0.15) is 42.1 Å². The van der Waals surface area contributed by atoms with Gasteiger partial charge in [-0.05, 0) is 72.9 Å². The third-order valence-electron chi connectivity index (χ3n) is 6.05. The number of ether oxygens (including phenoxy) is 2. The number of hydrogen-bond acceptors (Lipinski definition) is 5. The average Bonchev–Trinajstić information content (AvgIpc) is 3.12. The second-order valence-corrected chi connectivity index (χ2v) is 9.52. The average molecular weight is 486 g/mol. The number of amides is 1. The Bertz CT molecular complexity index is 1300. The summed E-state index contributed by atoms with van der Waals surface area (Å²) in [7, 11) is 1.57. The Morgan fingerprint density at radius 1 is 0.944 bits per heavy atom. The quantitative estimate of drug-likeness (QED) is 0.253. The molecule has 0 saturated carbocycles. The van der Waals surface area contributed by atoms with E-state index in [1.807, 2.05) is 45.9 Å². The van der Waals surface area contributed by atoms with Gasteiger partial charge in [-0.2, -0.15) is 0 Å². The number of benzene rings is 3.